The summed E-state index contributed by atoms with van der Waals surface area (Å²) in [6.07, 6.45) is 0. The first-order valence-corrected chi connectivity index (χ1v) is 9.00. The average Bonchev–Trinajstić information content (AvgIpc) is 3.00. The highest BCUT2D eigenvalue weighted by atomic mass is 35.5. The van der Waals surface area contributed by atoms with Crippen LogP contribution < -0.4 is 11.1 Å². The number of nitrogens with one attached hydrogen (secondary N) is 1. The molecule has 134 valence electrons. The van der Waals surface area contributed by atoms with Crippen molar-refractivity contribution in [2.24, 2.45) is 5.73 Å². The zero-order chi connectivity index (χ0) is 18.1. The van der Waals surface area contributed by atoms with Crippen LogP contribution in [0, 0.1) is 0 Å². The van der Waals surface area contributed by atoms with Crippen LogP contribution in [-0.4, -0.2) is 46.6 Å². The Hall–Kier alpha value is -2.41. The molecule has 7 heteroatoms. The van der Waals surface area contributed by atoms with Crippen LogP contribution in [0.1, 0.15) is 16.1 Å². The van der Waals surface area contributed by atoms with E-state index < -0.39 is 5.91 Å². The average molecular weight is 370 g/mol. The fourth-order valence-electron chi connectivity index (χ4n) is 3.28. The summed E-state index contributed by atoms with van der Waals surface area (Å²) in [6.45, 7) is 5.19. The van der Waals surface area contributed by atoms with Crippen molar-refractivity contribution >= 4 is 23.0 Å². The Balaban J connectivity index is 1.60. The molecule has 0 saturated carbocycles. The molecule has 0 atom stereocenters. The first-order valence-electron chi connectivity index (χ1n) is 8.62. The lowest BCUT2D eigenvalue weighted by molar-refractivity contribution is 0.0994. The van der Waals surface area contributed by atoms with Crippen molar-refractivity contribution < 1.29 is 4.79 Å². The number of rotatable bonds is 4. The number of nitrogens with zero attached hydrogens (tertiary/aromatic N) is 3. The van der Waals surface area contributed by atoms with Crippen molar-refractivity contribution in [3.8, 4) is 11.3 Å². The highest BCUT2D eigenvalue weighted by Gasteiger charge is 2.14. The minimum Gasteiger partial charge on any atom is -0.364 e. The quantitative estimate of drug-likeness (QED) is 0.739. The minimum absolute atomic E-state index is 0.280. The van der Waals surface area contributed by atoms with Crippen molar-refractivity contribution in [1.82, 2.24) is 19.8 Å². The number of benzene rings is 1. The SMILES string of the molecule is NC(=O)c1cc(Cl)c2ccc(-c3ccc(CN4CCNCC4)cc3)nn12. The van der Waals surface area contributed by atoms with Crippen LogP contribution in [0.25, 0.3) is 16.8 Å². The third-order valence-corrected chi connectivity index (χ3v) is 4.99. The van der Waals surface area contributed by atoms with Crippen molar-refractivity contribution in [3.63, 3.8) is 0 Å². The Kier molecular flexibility index (Phi) is 4.63. The van der Waals surface area contributed by atoms with E-state index in [9.17, 15) is 4.79 Å². The van der Waals surface area contributed by atoms with Crippen LogP contribution in [0.3, 0.4) is 0 Å². The number of aromatic nitrogens is 2. The van der Waals surface area contributed by atoms with Gasteiger partial charge in [0, 0.05) is 38.3 Å². The lowest BCUT2D eigenvalue weighted by Crippen LogP contribution is -2.42. The summed E-state index contributed by atoms with van der Waals surface area (Å²) in [7, 11) is 0. The molecule has 0 unspecified atom stereocenters. The highest BCUT2D eigenvalue weighted by molar-refractivity contribution is 6.34. The molecule has 0 bridgehead atoms. The first kappa shape index (κ1) is 17.0. The Morgan fingerprint density at radius 2 is 1.88 bits per heavy atom. The molecule has 1 fully saturated rings. The molecular formula is C19H20ClN5O. The summed E-state index contributed by atoms with van der Waals surface area (Å²) in [4.78, 5) is 14.0. The van der Waals surface area contributed by atoms with Gasteiger partial charge in [0.1, 0.15) is 5.69 Å². The second kappa shape index (κ2) is 7.07. The molecule has 3 aromatic rings. The summed E-state index contributed by atoms with van der Waals surface area (Å²) in [6, 6.07) is 13.7. The molecule has 1 amide bonds. The van der Waals surface area contributed by atoms with Gasteiger partial charge in [-0.2, -0.15) is 5.10 Å². The van der Waals surface area contributed by atoms with Gasteiger partial charge in [0.2, 0.25) is 0 Å². The molecule has 1 aliphatic heterocycles. The van der Waals surface area contributed by atoms with Crippen LogP contribution in [0.2, 0.25) is 5.02 Å². The molecule has 0 spiro atoms. The first-order chi connectivity index (χ1) is 12.6. The van der Waals surface area contributed by atoms with Gasteiger partial charge in [0.05, 0.1) is 16.2 Å². The number of halogens is 1. The molecular weight excluding hydrogens is 350 g/mol. The summed E-state index contributed by atoms with van der Waals surface area (Å²) in [5.74, 6) is -0.553. The van der Waals surface area contributed by atoms with E-state index in [1.54, 1.807) is 6.07 Å². The third kappa shape index (κ3) is 3.31. The maximum Gasteiger partial charge on any atom is 0.267 e. The van der Waals surface area contributed by atoms with Crippen LogP contribution in [0.15, 0.2) is 42.5 Å². The van der Waals surface area contributed by atoms with E-state index in [0.29, 0.717) is 10.5 Å². The molecule has 3 heterocycles. The van der Waals surface area contributed by atoms with Gasteiger partial charge in [0.15, 0.2) is 0 Å². The van der Waals surface area contributed by atoms with E-state index in [-0.39, 0.29) is 5.69 Å². The topological polar surface area (TPSA) is 75.7 Å². The molecule has 4 rings (SSSR count). The monoisotopic (exact) mass is 369 g/mol. The van der Waals surface area contributed by atoms with Gasteiger partial charge < -0.3 is 11.1 Å². The molecule has 1 saturated heterocycles. The number of primary amides is 1. The number of carbonyl (C=O) groups excluding carboxylic acids is 1. The van der Waals surface area contributed by atoms with Gasteiger partial charge in [-0.3, -0.25) is 9.69 Å². The fraction of sp³-hybridized carbons (Fsp3) is 0.263. The summed E-state index contributed by atoms with van der Waals surface area (Å²) in [5, 5.41) is 8.37. The van der Waals surface area contributed by atoms with E-state index in [1.165, 1.54) is 10.1 Å². The maximum atomic E-state index is 11.6. The number of fused-ring (bicyclic) bond motifs is 1. The Morgan fingerprint density at radius 3 is 2.58 bits per heavy atom. The predicted octanol–water partition coefficient (Wildman–Crippen LogP) is 2.16. The third-order valence-electron chi connectivity index (χ3n) is 4.69. The van der Waals surface area contributed by atoms with Crippen molar-refractivity contribution in [2.45, 2.75) is 6.54 Å². The molecule has 3 N–H and O–H groups in total. The van der Waals surface area contributed by atoms with E-state index in [4.69, 9.17) is 17.3 Å². The number of hydrogen-bond acceptors (Lipinski definition) is 4. The van der Waals surface area contributed by atoms with Gasteiger partial charge in [-0.1, -0.05) is 35.9 Å². The molecule has 0 radical (unpaired) electrons. The molecule has 2 aromatic heterocycles. The Morgan fingerprint density at radius 1 is 1.15 bits per heavy atom. The van der Waals surface area contributed by atoms with Gasteiger partial charge in [-0.25, -0.2) is 4.52 Å². The summed E-state index contributed by atoms with van der Waals surface area (Å²) in [5.41, 5.74) is 9.39. The van der Waals surface area contributed by atoms with Crippen molar-refractivity contribution in [3.05, 3.63) is 58.7 Å². The number of hydrogen-bond donors (Lipinski definition) is 2. The number of piperazine rings is 1. The van der Waals surface area contributed by atoms with Crippen LogP contribution in [0.4, 0.5) is 0 Å². The maximum absolute atomic E-state index is 11.6. The molecule has 6 nitrogen and oxygen atoms in total. The van der Waals surface area contributed by atoms with E-state index in [1.807, 2.05) is 12.1 Å². The van der Waals surface area contributed by atoms with Crippen molar-refractivity contribution in [1.29, 1.82) is 0 Å². The number of amides is 1. The summed E-state index contributed by atoms with van der Waals surface area (Å²) >= 11 is 6.16. The highest BCUT2D eigenvalue weighted by Crippen LogP contribution is 2.25. The Labute approximate surface area is 156 Å². The molecule has 1 aliphatic rings. The zero-order valence-corrected chi connectivity index (χ0v) is 15.0. The van der Waals surface area contributed by atoms with E-state index >= 15 is 0 Å². The lowest BCUT2D eigenvalue weighted by atomic mass is 10.1. The van der Waals surface area contributed by atoms with E-state index in [2.05, 4.69) is 39.6 Å². The molecule has 1 aromatic carbocycles. The van der Waals surface area contributed by atoms with Gasteiger partial charge in [0.25, 0.3) is 5.91 Å². The molecule has 26 heavy (non-hydrogen) atoms. The van der Waals surface area contributed by atoms with Gasteiger partial charge in [-0.05, 0) is 23.8 Å². The lowest BCUT2D eigenvalue weighted by Gasteiger charge is -2.27. The number of carbonyl (C=O) groups is 1. The smallest absolute Gasteiger partial charge is 0.267 e. The second-order valence-corrected chi connectivity index (χ2v) is 6.89. The number of nitrogens with two attached hydrogens (primary N) is 1. The van der Waals surface area contributed by atoms with Crippen molar-refractivity contribution in [2.75, 3.05) is 26.2 Å². The predicted molar refractivity (Wildman–Crippen MR) is 102 cm³/mol. The van der Waals surface area contributed by atoms with Crippen LogP contribution >= 0.6 is 11.6 Å². The minimum atomic E-state index is -0.553. The van der Waals surface area contributed by atoms with Gasteiger partial charge >= 0.3 is 0 Å². The van der Waals surface area contributed by atoms with E-state index in [0.717, 1.165) is 44.0 Å². The molecule has 0 aliphatic carbocycles. The fourth-order valence-corrected chi connectivity index (χ4v) is 3.53. The largest absolute Gasteiger partial charge is 0.364 e. The Bertz CT molecular complexity index is 944. The second-order valence-electron chi connectivity index (χ2n) is 6.48. The normalized spacial score (nSPS) is 15.4. The summed E-state index contributed by atoms with van der Waals surface area (Å²) < 4.78 is 1.51. The standard InChI is InChI=1S/C19H20ClN5O/c20-15-11-18(19(21)26)25-17(15)6-5-16(23-25)14-3-1-13(2-4-14)12-24-9-7-22-8-10-24/h1-6,11,22H,7-10,12H2,(H2,21,26). The zero-order valence-electron chi connectivity index (χ0n) is 14.3. The van der Waals surface area contributed by atoms with Crippen LogP contribution in [-0.2, 0) is 6.54 Å². The van der Waals surface area contributed by atoms with Crippen LogP contribution in [0.5, 0.6) is 0 Å². The van der Waals surface area contributed by atoms with Gasteiger partial charge in [-0.15, -0.1) is 0 Å².